The predicted octanol–water partition coefficient (Wildman–Crippen LogP) is -1.30. The van der Waals surface area contributed by atoms with E-state index in [1.165, 1.54) is 0 Å². The predicted molar refractivity (Wildman–Crippen MR) is 27.1 cm³/mol. The second kappa shape index (κ2) is 6.65. The van der Waals surface area contributed by atoms with Crippen LogP contribution in [0.5, 0.6) is 0 Å². The summed E-state index contributed by atoms with van der Waals surface area (Å²) >= 11 is 0. The molecule has 3 nitrogen and oxygen atoms in total. The molecule has 0 fully saturated rings. The van der Waals surface area contributed by atoms with Gasteiger partial charge in [0.05, 0.1) is 0 Å². The average molecular weight is 182 g/mol. The van der Waals surface area contributed by atoms with E-state index < -0.39 is 27.2 Å². The van der Waals surface area contributed by atoms with Gasteiger partial charge in [-0.2, -0.15) is 4.39 Å². The number of halogens is 3. The molecule has 0 rings (SSSR count). The van der Waals surface area contributed by atoms with Crippen LogP contribution in [0.2, 0.25) is 0 Å². The topological polar surface area (TPSA) is 43.4 Å². The van der Waals surface area contributed by atoms with Crippen LogP contribution in [0.3, 0.4) is 0 Å². The molecule has 0 aromatic heterocycles. The van der Waals surface area contributed by atoms with Gasteiger partial charge in [-0.3, -0.25) is 9.59 Å². The Morgan fingerprint density at radius 3 is 2.18 bits per heavy atom. The van der Waals surface area contributed by atoms with Crippen LogP contribution >= 0.6 is 8.77 Å². The van der Waals surface area contributed by atoms with E-state index in [0.29, 0.717) is 0 Å². The van der Waals surface area contributed by atoms with Crippen LogP contribution in [-0.4, -0.2) is 12.0 Å². The van der Waals surface area contributed by atoms with Crippen LogP contribution in [0, 0.1) is 0 Å². The van der Waals surface area contributed by atoms with E-state index in [9.17, 15) is 22.4 Å². The van der Waals surface area contributed by atoms with E-state index in [0.717, 1.165) is 0 Å². The zero-order chi connectivity index (χ0) is 8.15. The first kappa shape index (κ1) is 13.5. The molecule has 0 aromatic carbocycles. The van der Waals surface area contributed by atoms with E-state index in [1.54, 1.807) is 0 Å². The molecule has 8 heteroatoms. The summed E-state index contributed by atoms with van der Waals surface area (Å²) in [5.74, 6) is -1.54. The maximum absolute atomic E-state index is 11.2. The van der Waals surface area contributed by atoms with Gasteiger partial charge in [-0.15, -0.1) is 8.39 Å². The SMILES string of the molecule is O=C(F)CC(=O)OP(F)F.[H-].[Li+]. The molecular formula is C3H3F3LiO3P. The summed E-state index contributed by atoms with van der Waals surface area (Å²) in [6.45, 7) is 0. The molecule has 0 radical (unpaired) electrons. The number of carbonyl (C=O) groups excluding carboxylic acids is 2. The molecule has 0 atom stereocenters. The van der Waals surface area contributed by atoms with Crippen LogP contribution < -0.4 is 18.9 Å². The number of rotatable bonds is 3. The molecular weight excluding hydrogens is 179 g/mol. The van der Waals surface area contributed by atoms with E-state index in [4.69, 9.17) is 0 Å². The molecule has 0 aliphatic heterocycles. The summed E-state index contributed by atoms with van der Waals surface area (Å²) in [4.78, 5) is 19.3. The monoisotopic (exact) mass is 182 g/mol. The Labute approximate surface area is 75.0 Å². The first-order chi connectivity index (χ1) is 4.52. The van der Waals surface area contributed by atoms with Crippen LogP contribution in [-0.2, 0) is 14.1 Å². The number of hydrogen-bond acceptors (Lipinski definition) is 3. The Morgan fingerprint density at radius 2 is 1.91 bits per heavy atom. The molecule has 60 valence electrons. The van der Waals surface area contributed by atoms with Crippen LogP contribution in [0.1, 0.15) is 7.85 Å². The van der Waals surface area contributed by atoms with E-state index in [1.807, 2.05) is 0 Å². The minimum Gasteiger partial charge on any atom is -1.00 e. The zero-order valence-corrected chi connectivity index (χ0v) is 6.41. The maximum atomic E-state index is 11.2. The Bertz CT molecular complexity index is 158. The summed E-state index contributed by atoms with van der Waals surface area (Å²) in [5, 5.41) is 0. The summed E-state index contributed by atoms with van der Waals surface area (Å²) in [7, 11) is -3.84. The Balaban J connectivity index is -0.000000405. The van der Waals surface area contributed by atoms with Crippen LogP contribution in [0.25, 0.3) is 0 Å². The van der Waals surface area contributed by atoms with E-state index in [2.05, 4.69) is 4.52 Å². The van der Waals surface area contributed by atoms with Gasteiger partial charge in [0.2, 0.25) is 0 Å². The first-order valence-electron chi connectivity index (χ1n) is 2.03. The number of carbonyl (C=O) groups is 2. The first-order valence-corrected chi connectivity index (χ1v) is 3.07. The van der Waals surface area contributed by atoms with Gasteiger partial charge in [0.15, 0.2) is 0 Å². The summed E-state index contributed by atoms with van der Waals surface area (Å²) in [5.41, 5.74) is 0. The Kier molecular flexibility index (Phi) is 8.19. The smallest absolute Gasteiger partial charge is 1.00 e. The van der Waals surface area contributed by atoms with Crippen molar-refractivity contribution in [2.24, 2.45) is 0 Å². The van der Waals surface area contributed by atoms with Gasteiger partial charge in [0, 0.05) is 0 Å². The molecule has 0 saturated carbocycles. The molecule has 0 N–H and O–H groups in total. The number of hydrogen-bond donors (Lipinski definition) is 0. The van der Waals surface area contributed by atoms with Crippen molar-refractivity contribution in [3.05, 3.63) is 0 Å². The summed E-state index contributed by atoms with van der Waals surface area (Å²) in [6.07, 6.45) is -1.24. The van der Waals surface area contributed by atoms with E-state index in [-0.39, 0.29) is 20.3 Å². The fraction of sp³-hybridized carbons (Fsp3) is 0.333. The van der Waals surface area contributed by atoms with Crippen molar-refractivity contribution in [3.8, 4) is 0 Å². The largest absolute Gasteiger partial charge is 1.00 e. The summed E-state index contributed by atoms with van der Waals surface area (Å²) < 4.78 is 36.7. The molecule has 0 aliphatic rings. The quantitative estimate of drug-likeness (QED) is 0.236. The van der Waals surface area contributed by atoms with Gasteiger partial charge in [0.1, 0.15) is 6.42 Å². The van der Waals surface area contributed by atoms with Crippen molar-refractivity contribution < 1.29 is 47.2 Å². The second-order valence-electron chi connectivity index (χ2n) is 1.20. The van der Waals surface area contributed by atoms with Gasteiger partial charge in [0.25, 0.3) is 0 Å². The zero-order valence-electron chi connectivity index (χ0n) is 6.51. The summed E-state index contributed by atoms with van der Waals surface area (Å²) in [6, 6.07) is -1.98. The van der Waals surface area contributed by atoms with Gasteiger partial charge in [-0.25, -0.2) is 0 Å². The minimum absolute atomic E-state index is 0. The van der Waals surface area contributed by atoms with Crippen LogP contribution in [0.15, 0.2) is 0 Å². The minimum atomic E-state index is -3.84. The maximum Gasteiger partial charge on any atom is 1.00 e. The molecule has 0 amide bonds. The van der Waals surface area contributed by atoms with Gasteiger partial charge >= 0.3 is 39.6 Å². The Morgan fingerprint density at radius 1 is 1.45 bits per heavy atom. The third-order valence-electron chi connectivity index (χ3n) is 0.454. The normalized spacial score (nSPS) is 8.73. The molecule has 0 aliphatic carbocycles. The standard InChI is InChI=1S/C3H2F3O3P.Li.H/c4-2(7)1-3(8)9-10(5)6;;/h1H2;;/q;+1;-1. The van der Waals surface area contributed by atoms with E-state index >= 15 is 0 Å². The van der Waals surface area contributed by atoms with Crippen molar-refractivity contribution in [2.45, 2.75) is 6.42 Å². The Hall–Kier alpha value is -0.0426. The van der Waals surface area contributed by atoms with Crippen molar-refractivity contribution >= 4 is 20.8 Å². The third kappa shape index (κ3) is 9.96. The van der Waals surface area contributed by atoms with Crippen molar-refractivity contribution in [1.29, 1.82) is 0 Å². The van der Waals surface area contributed by atoms with Crippen molar-refractivity contribution in [3.63, 3.8) is 0 Å². The van der Waals surface area contributed by atoms with Gasteiger partial charge in [-0.05, 0) is 0 Å². The molecule has 0 spiro atoms. The fourth-order valence-electron chi connectivity index (χ4n) is 0.223. The average Bonchev–Trinajstić information content (AvgIpc) is 1.58. The molecule has 0 aromatic rings. The second-order valence-corrected chi connectivity index (χ2v) is 1.78. The van der Waals surface area contributed by atoms with Crippen LogP contribution in [0.4, 0.5) is 12.8 Å². The van der Waals surface area contributed by atoms with Crippen molar-refractivity contribution in [1.82, 2.24) is 0 Å². The molecule has 0 saturated heterocycles. The molecule has 0 heterocycles. The van der Waals surface area contributed by atoms with Gasteiger partial charge < -0.3 is 5.95 Å². The molecule has 0 bridgehead atoms. The molecule has 0 unspecified atom stereocenters. The molecule has 11 heavy (non-hydrogen) atoms. The van der Waals surface area contributed by atoms with Crippen molar-refractivity contribution in [2.75, 3.05) is 0 Å². The fourth-order valence-corrected chi connectivity index (χ4v) is 0.441. The van der Waals surface area contributed by atoms with Gasteiger partial charge in [-0.1, -0.05) is 0 Å². The third-order valence-corrected chi connectivity index (χ3v) is 0.796.